The highest BCUT2D eigenvalue weighted by Crippen LogP contribution is 2.27. The molecular weight excluding hydrogens is 428 g/mol. The van der Waals surface area contributed by atoms with Crippen molar-refractivity contribution in [1.29, 1.82) is 5.26 Å². The molecule has 1 aromatic heterocycles. The van der Waals surface area contributed by atoms with E-state index in [1.54, 1.807) is 12.3 Å². The van der Waals surface area contributed by atoms with Crippen LogP contribution in [0.25, 0.3) is 11.1 Å². The Bertz CT molecular complexity index is 1120. The Labute approximate surface area is 199 Å². The summed E-state index contributed by atoms with van der Waals surface area (Å²) in [5.41, 5.74) is 3.84. The number of morpholine rings is 1. The van der Waals surface area contributed by atoms with Crippen LogP contribution in [-0.4, -0.2) is 43.3 Å². The van der Waals surface area contributed by atoms with Gasteiger partial charge in [0.2, 0.25) is 5.91 Å². The lowest BCUT2D eigenvalue weighted by Crippen LogP contribution is -2.39. The van der Waals surface area contributed by atoms with Gasteiger partial charge < -0.3 is 20.1 Å². The predicted molar refractivity (Wildman–Crippen MR) is 129 cm³/mol. The van der Waals surface area contributed by atoms with Gasteiger partial charge in [0.05, 0.1) is 37.4 Å². The largest absolute Gasteiger partial charge is 0.493 e. The summed E-state index contributed by atoms with van der Waals surface area (Å²) in [6.07, 6.45) is 2.85. The molecular formula is C27H28N4O3. The number of nitrogens with zero attached hydrogens (tertiary/aromatic N) is 2. The van der Waals surface area contributed by atoms with Gasteiger partial charge in [-0.1, -0.05) is 36.4 Å². The molecule has 0 bridgehead atoms. The lowest BCUT2D eigenvalue weighted by molar-refractivity contribution is -0.120. The summed E-state index contributed by atoms with van der Waals surface area (Å²) in [5, 5.41) is 15.9. The zero-order valence-corrected chi connectivity index (χ0v) is 19.0. The molecule has 7 nitrogen and oxygen atoms in total. The molecule has 1 fully saturated rings. The van der Waals surface area contributed by atoms with E-state index in [2.05, 4.69) is 21.7 Å². The average molecular weight is 457 g/mol. The van der Waals surface area contributed by atoms with E-state index in [4.69, 9.17) is 9.47 Å². The minimum atomic E-state index is -0.0854. The van der Waals surface area contributed by atoms with Crippen LogP contribution < -0.4 is 15.4 Å². The van der Waals surface area contributed by atoms with Gasteiger partial charge in [-0.15, -0.1) is 0 Å². The third kappa shape index (κ3) is 6.64. The van der Waals surface area contributed by atoms with Crippen molar-refractivity contribution < 1.29 is 14.3 Å². The molecule has 0 saturated carbocycles. The number of pyridine rings is 1. The Hall–Kier alpha value is -3.73. The number of ether oxygens (including phenoxy) is 2. The number of nitriles is 1. The number of benzene rings is 2. The summed E-state index contributed by atoms with van der Waals surface area (Å²) in [7, 11) is 0. The van der Waals surface area contributed by atoms with Gasteiger partial charge >= 0.3 is 0 Å². The Morgan fingerprint density at radius 2 is 2.09 bits per heavy atom. The van der Waals surface area contributed by atoms with Gasteiger partial charge in [0.15, 0.2) is 0 Å². The van der Waals surface area contributed by atoms with Crippen LogP contribution in [0.1, 0.15) is 23.2 Å². The number of carbonyl (C=O) groups is 1. The molecule has 2 heterocycles. The smallest absolute Gasteiger partial charge is 0.226 e. The quantitative estimate of drug-likeness (QED) is 0.513. The van der Waals surface area contributed by atoms with Gasteiger partial charge in [0.1, 0.15) is 5.75 Å². The highest BCUT2D eigenvalue weighted by Gasteiger charge is 2.14. The summed E-state index contributed by atoms with van der Waals surface area (Å²) in [6.45, 7) is 3.47. The predicted octanol–water partition coefficient (Wildman–Crippen LogP) is 3.24. The maximum absolute atomic E-state index is 12.2. The van der Waals surface area contributed by atoms with E-state index in [0.29, 0.717) is 30.2 Å². The Kier molecular flexibility index (Phi) is 8.22. The molecule has 1 amide bonds. The molecule has 1 aliphatic heterocycles. The Balaban J connectivity index is 1.32. The third-order valence-corrected chi connectivity index (χ3v) is 5.63. The first-order valence-corrected chi connectivity index (χ1v) is 11.5. The van der Waals surface area contributed by atoms with Crippen molar-refractivity contribution in [3.63, 3.8) is 0 Å². The summed E-state index contributed by atoms with van der Waals surface area (Å²) in [4.78, 5) is 16.7. The summed E-state index contributed by atoms with van der Waals surface area (Å²) < 4.78 is 11.5. The van der Waals surface area contributed by atoms with E-state index in [1.807, 2.05) is 54.6 Å². The number of nitrogens with one attached hydrogen (secondary N) is 2. The molecule has 1 aliphatic rings. The van der Waals surface area contributed by atoms with Crippen molar-refractivity contribution in [1.82, 2.24) is 15.6 Å². The summed E-state index contributed by atoms with van der Waals surface area (Å²) >= 11 is 0. The first-order chi connectivity index (χ1) is 16.7. The van der Waals surface area contributed by atoms with E-state index in [-0.39, 0.29) is 18.4 Å². The Morgan fingerprint density at radius 1 is 1.21 bits per heavy atom. The van der Waals surface area contributed by atoms with Gasteiger partial charge in [-0.2, -0.15) is 5.26 Å². The first kappa shape index (κ1) is 23.4. The van der Waals surface area contributed by atoms with Crippen LogP contribution in [0.3, 0.4) is 0 Å². The fraction of sp³-hybridized carbons (Fsp3) is 0.296. The van der Waals surface area contributed by atoms with Crippen LogP contribution in [0.5, 0.6) is 5.75 Å². The van der Waals surface area contributed by atoms with Gasteiger partial charge in [-0.05, 0) is 29.8 Å². The third-order valence-electron chi connectivity index (χ3n) is 5.63. The molecule has 3 aromatic rings. The second-order valence-corrected chi connectivity index (χ2v) is 8.13. The SMILES string of the molecule is N#Cc1cc(OCCC2CNCCO2)ccc1-c1ccc(CC(=O)NCc2ccccc2)nc1. The van der Waals surface area contributed by atoms with Crippen LogP contribution in [-0.2, 0) is 22.5 Å². The van der Waals surface area contributed by atoms with Crippen LogP contribution in [0.2, 0.25) is 0 Å². The molecule has 174 valence electrons. The number of rotatable bonds is 9. The minimum absolute atomic E-state index is 0.0854. The van der Waals surface area contributed by atoms with E-state index in [1.165, 1.54) is 0 Å². The van der Waals surface area contributed by atoms with Crippen LogP contribution >= 0.6 is 0 Å². The van der Waals surface area contributed by atoms with Crippen LogP contribution in [0, 0.1) is 11.3 Å². The normalized spacial score (nSPS) is 15.3. The fourth-order valence-electron chi connectivity index (χ4n) is 3.78. The molecule has 2 aromatic carbocycles. The minimum Gasteiger partial charge on any atom is -0.493 e. The second-order valence-electron chi connectivity index (χ2n) is 8.13. The number of aromatic nitrogens is 1. The maximum atomic E-state index is 12.2. The zero-order chi connectivity index (χ0) is 23.6. The van der Waals surface area contributed by atoms with Crippen molar-refractivity contribution in [3.05, 3.63) is 83.7 Å². The standard InChI is InChI=1S/C27H28N4O3/c28-16-22-14-24(33-12-10-25-19-29-11-13-34-25)8-9-26(22)21-6-7-23(30-18-21)15-27(32)31-17-20-4-2-1-3-5-20/h1-9,14,18,25,29H,10-13,15,17,19H2,(H,31,32). The maximum Gasteiger partial charge on any atom is 0.226 e. The van der Waals surface area contributed by atoms with Gasteiger partial charge in [-0.25, -0.2) is 0 Å². The first-order valence-electron chi connectivity index (χ1n) is 11.5. The average Bonchev–Trinajstić information content (AvgIpc) is 2.89. The number of amides is 1. The lowest BCUT2D eigenvalue weighted by atomic mass is 10.0. The van der Waals surface area contributed by atoms with Crippen LogP contribution in [0.4, 0.5) is 0 Å². The molecule has 2 N–H and O–H groups in total. The van der Waals surface area contributed by atoms with Gasteiger partial charge in [0, 0.05) is 49.1 Å². The molecule has 1 saturated heterocycles. The van der Waals surface area contributed by atoms with Gasteiger partial charge in [-0.3, -0.25) is 9.78 Å². The highest BCUT2D eigenvalue weighted by molar-refractivity contribution is 5.78. The number of carbonyl (C=O) groups excluding carboxylic acids is 1. The van der Waals surface area contributed by atoms with E-state index >= 15 is 0 Å². The lowest BCUT2D eigenvalue weighted by Gasteiger charge is -2.23. The number of hydrogen-bond donors (Lipinski definition) is 2. The molecule has 7 heteroatoms. The van der Waals surface area contributed by atoms with Crippen molar-refractivity contribution >= 4 is 5.91 Å². The summed E-state index contributed by atoms with van der Waals surface area (Å²) in [5.74, 6) is 0.571. The van der Waals surface area contributed by atoms with E-state index in [9.17, 15) is 10.1 Å². The van der Waals surface area contributed by atoms with Crippen molar-refractivity contribution in [2.75, 3.05) is 26.3 Å². The Morgan fingerprint density at radius 3 is 2.82 bits per heavy atom. The molecule has 0 radical (unpaired) electrons. The molecule has 0 aliphatic carbocycles. The van der Waals surface area contributed by atoms with Gasteiger partial charge in [0.25, 0.3) is 0 Å². The topological polar surface area (TPSA) is 96.3 Å². The van der Waals surface area contributed by atoms with Crippen molar-refractivity contribution in [2.45, 2.75) is 25.5 Å². The zero-order valence-electron chi connectivity index (χ0n) is 19.0. The van der Waals surface area contributed by atoms with E-state index in [0.717, 1.165) is 42.8 Å². The molecule has 1 unspecified atom stereocenters. The van der Waals surface area contributed by atoms with Crippen molar-refractivity contribution in [2.24, 2.45) is 0 Å². The molecule has 4 rings (SSSR count). The van der Waals surface area contributed by atoms with E-state index < -0.39 is 0 Å². The molecule has 1 atom stereocenters. The number of hydrogen-bond acceptors (Lipinski definition) is 6. The van der Waals surface area contributed by atoms with Crippen LogP contribution in [0.15, 0.2) is 66.9 Å². The second kappa shape index (κ2) is 11.9. The highest BCUT2D eigenvalue weighted by atomic mass is 16.5. The molecule has 0 spiro atoms. The molecule has 34 heavy (non-hydrogen) atoms. The fourth-order valence-corrected chi connectivity index (χ4v) is 3.78. The monoisotopic (exact) mass is 456 g/mol. The summed E-state index contributed by atoms with van der Waals surface area (Å²) in [6, 6.07) is 21.2. The van der Waals surface area contributed by atoms with Crippen molar-refractivity contribution in [3.8, 4) is 22.9 Å².